The minimum absolute atomic E-state index is 0.0446. The minimum atomic E-state index is -1.29. The number of aromatic nitrogens is 4. The predicted molar refractivity (Wildman–Crippen MR) is 325 cm³/mol. The number of hydrogen-bond donors (Lipinski definition) is 9. The highest BCUT2D eigenvalue weighted by Gasteiger charge is 2.23. The van der Waals surface area contributed by atoms with E-state index in [0.29, 0.717) is 235 Å². The van der Waals surface area contributed by atoms with Crippen molar-refractivity contribution < 1.29 is 85.8 Å². The number of nitrogens with two attached hydrogens (primary N) is 2. The van der Waals surface area contributed by atoms with Gasteiger partial charge in [0.05, 0.1) is 190 Å². The number of carboxylic acids is 1. The maximum absolute atomic E-state index is 12.8. The first-order chi connectivity index (χ1) is 43.6. The number of carboxylic acid groups (broad SMARTS) is 1. The van der Waals surface area contributed by atoms with Crippen molar-refractivity contribution in [2.75, 3.05) is 233 Å². The van der Waals surface area contributed by atoms with Gasteiger partial charge in [-0.25, -0.2) is 14.8 Å². The Balaban J connectivity index is 0.835. The summed E-state index contributed by atoms with van der Waals surface area (Å²) in [5.74, 6) is -2.32. The van der Waals surface area contributed by atoms with E-state index in [9.17, 15) is 33.9 Å². The fourth-order valence-corrected chi connectivity index (χ4v) is 7.54. The van der Waals surface area contributed by atoms with Crippen molar-refractivity contribution >= 4 is 52.0 Å². The van der Waals surface area contributed by atoms with Gasteiger partial charge in [-0.05, 0) is 43.5 Å². The smallest absolute Gasteiger partial charge is 0.326 e. The van der Waals surface area contributed by atoms with E-state index >= 15 is 0 Å². The second-order valence-corrected chi connectivity index (χ2v) is 19.0. The van der Waals surface area contributed by atoms with Crippen LogP contribution in [0.4, 0.5) is 23.0 Å². The third-order valence-corrected chi connectivity index (χ3v) is 12.1. The van der Waals surface area contributed by atoms with Crippen molar-refractivity contribution in [1.82, 2.24) is 30.6 Å². The first-order valence-corrected chi connectivity index (χ1v) is 29.8. The van der Waals surface area contributed by atoms with Crippen LogP contribution in [0, 0.1) is 0 Å². The maximum Gasteiger partial charge on any atom is 0.326 e. The molecule has 2 amide bonds. The molecule has 0 radical (unpaired) electrons. The number of rotatable bonds is 60. The fraction of sp³-hybridized carbons (Fsp3) is 0.667. The number of H-pyrrole nitrogens is 1. The van der Waals surface area contributed by atoms with E-state index in [4.69, 9.17) is 77.8 Å². The first kappa shape index (κ1) is 75.0. The highest BCUT2D eigenvalue weighted by molar-refractivity contribution is 5.97. The average molecular weight is 1270 g/mol. The molecular formula is C57H91N11O21. The lowest BCUT2D eigenvalue weighted by Crippen LogP contribution is -2.41. The van der Waals surface area contributed by atoms with Gasteiger partial charge in [0.2, 0.25) is 11.9 Å². The lowest BCUT2D eigenvalue weighted by atomic mass is 10.1. The maximum atomic E-state index is 12.8. The second kappa shape index (κ2) is 49.3. The van der Waals surface area contributed by atoms with Crippen LogP contribution in [0.25, 0.3) is 11.2 Å². The molecule has 11 N–H and O–H groups in total. The molecule has 0 aliphatic carbocycles. The van der Waals surface area contributed by atoms with Crippen molar-refractivity contribution in [2.24, 2.45) is 5.73 Å². The molecule has 4 rings (SSSR count). The number of anilines is 4. The van der Waals surface area contributed by atoms with Crippen molar-refractivity contribution in [3.05, 3.63) is 72.5 Å². The Hall–Kier alpha value is -6.47. The molecular weight excluding hydrogens is 1170 g/mol. The van der Waals surface area contributed by atoms with Crippen LogP contribution < -0.4 is 54.5 Å². The van der Waals surface area contributed by atoms with E-state index in [2.05, 4.69) is 46.5 Å². The van der Waals surface area contributed by atoms with Crippen LogP contribution >= 0.6 is 0 Å². The van der Waals surface area contributed by atoms with Crippen molar-refractivity contribution in [3.63, 3.8) is 0 Å². The number of carbonyl (C=O) groups excluding carboxylic acids is 2. The zero-order valence-electron chi connectivity index (χ0n) is 50.7. The summed E-state index contributed by atoms with van der Waals surface area (Å²) in [7, 11) is 0. The Kier molecular flexibility index (Phi) is 41.6. The van der Waals surface area contributed by atoms with Crippen LogP contribution in [-0.4, -0.2) is 260 Å². The van der Waals surface area contributed by atoms with Gasteiger partial charge in [-0.3, -0.25) is 29.0 Å². The van der Waals surface area contributed by atoms with Gasteiger partial charge < -0.3 is 109 Å². The summed E-state index contributed by atoms with van der Waals surface area (Å²) >= 11 is 0. The molecule has 1 unspecified atom stereocenters. The minimum Gasteiger partial charge on any atom is -0.480 e. The Morgan fingerprint density at radius 2 is 0.933 bits per heavy atom. The van der Waals surface area contributed by atoms with Gasteiger partial charge in [0, 0.05) is 57.1 Å². The monoisotopic (exact) mass is 1270 g/mol. The molecule has 0 fully saturated rings. The standard InChI is InChI=1S/C57H91N11O21/c58-9-15-78-19-23-81-25-27-83-29-31-85-33-35-87-37-39-89-40-38-88-36-34-86-32-30-84-28-26-82-24-20-79-16-12-62-49-48(51(70)52(49)71)61-11-2-14-77-18-22-80-21-17-76-13-1-10-60-47(69)8-7-46(56(74)75)66-54(72)43-3-5-44(6-4-43)63-41-45-42-64-53-50(65-45)55(73)68-57(59)67-53/h3-6,42,46,61-63H,1-2,7-41,58H2,(H,60,69)(H,66,72)(H,74,75)(H3,59,64,67,68,73). The molecule has 0 bridgehead atoms. The molecule has 2 aromatic heterocycles. The van der Waals surface area contributed by atoms with E-state index in [1.165, 1.54) is 18.3 Å². The molecule has 32 heteroatoms. The molecule has 89 heavy (non-hydrogen) atoms. The summed E-state index contributed by atoms with van der Waals surface area (Å²) in [6, 6.07) is 4.99. The van der Waals surface area contributed by atoms with Crippen molar-refractivity contribution in [2.45, 2.75) is 38.3 Å². The zero-order valence-corrected chi connectivity index (χ0v) is 50.7. The van der Waals surface area contributed by atoms with Crippen LogP contribution in [0.5, 0.6) is 0 Å². The number of aromatic amines is 1. The van der Waals surface area contributed by atoms with Crippen LogP contribution in [0.2, 0.25) is 0 Å². The summed E-state index contributed by atoms with van der Waals surface area (Å²) in [4.78, 5) is 88.3. The van der Waals surface area contributed by atoms with Gasteiger partial charge >= 0.3 is 5.97 Å². The summed E-state index contributed by atoms with van der Waals surface area (Å²) in [5, 5.41) is 24.0. The number of hydrogen-bond acceptors (Lipinski definition) is 28. The number of amides is 2. The summed E-state index contributed by atoms with van der Waals surface area (Å²) in [5.41, 5.74) is 11.2. The van der Waals surface area contributed by atoms with E-state index in [1.54, 1.807) is 12.1 Å². The SMILES string of the molecule is NCCOCCOCCOCCOCCOCCOCCOCCOCCOCCOCCOCCNc1c(NCCCOCCOCCOCCCNC(=O)CCC(NC(=O)c2ccc(NCc3cnc4nc(N)[nH]c(=O)c4n3)cc2)C(=O)O)c(=O)c1=O. The zero-order chi connectivity index (χ0) is 63.6. The first-order valence-electron chi connectivity index (χ1n) is 29.8. The number of nitrogen functional groups attached to an aromatic ring is 1. The third-order valence-electron chi connectivity index (χ3n) is 12.1. The molecule has 0 saturated carbocycles. The lowest BCUT2D eigenvalue weighted by Gasteiger charge is -2.15. The normalized spacial score (nSPS) is 11.8. The lowest BCUT2D eigenvalue weighted by molar-refractivity contribution is -0.139. The molecule has 4 aromatic rings. The van der Waals surface area contributed by atoms with E-state index in [-0.39, 0.29) is 59.3 Å². The molecule has 2 aromatic carbocycles. The summed E-state index contributed by atoms with van der Waals surface area (Å²) < 4.78 is 76.7. The molecule has 2 heterocycles. The summed E-state index contributed by atoms with van der Waals surface area (Å²) in [6.07, 6.45) is 2.33. The van der Waals surface area contributed by atoms with Crippen LogP contribution in [0.15, 0.2) is 44.8 Å². The van der Waals surface area contributed by atoms with Crippen molar-refractivity contribution in [3.8, 4) is 0 Å². The molecule has 0 spiro atoms. The van der Waals surface area contributed by atoms with Gasteiger partial charge in [-0.2, -0.15) is 4.98 Å². The number of benzene rings is 1. The summed E-state index contributed by atoms with van der Waals surface area (Å²) in [6.45, 7) is 14.0. The third kappa shape index (κ3) is 34.9. The van der Waals surface area contributed by atoms with Gasteiger partial charge in [0.15, 0.2) is 11.2 Å². The van der Waals surface area contributed by atoms with Gasteiger partial charge in [0.25, 0.3) is 22.3 Å². The van der Waals surface area contributed by atoms with Crippen LogP contribution in [0.3, 0.4) is 0 Å². The Morgan fingerprint density at radius 3 is 1.38 bits per heavy atom. The predicted octanol–water partition coefficient (Wildman–Crippen LogP) is -0.922. The second-order valence-electron chi connectivity index (χ2n) is 19.0. The number of fused-ring (bicyclic) bond motifs is 1. The van der Waals surface area contributed by atoms with Gasteiger partial charge in [-0.1, -0.05) is 0 Å². The van der Waals surface area contributed by atoms with E-state index < -0.39 is 34.3 Å². The average Bonchev–Trinajstić information content (AvgIpc) is 2.55. The van der Waals surface area contributed by atoms with Crippen LogP contribution in [-0.2, 0) is 82.4 Å². The molecule has 500 valence electrons. The van der Waals surface area contributed by atoms with Gasteiger partial charge in [-0.15, -0.1) is 0 Å². The highest BCUT2D eigenvalue weighted by atomic mass is 16.6. The molecule has 1 atom stereocenters. The highest BCUT2D eigenvalue weighted by Crippen LogP contribution is 2.15. The van der Waals surface area contributed by atoms with E-state index in [1.807, 2.05) is 0 Å². The Labute approximate surface area is 516 Å². The number of nitrogens with one attached hydrogen (secondary N) is 6. The topological polar surface area (TPSA) is 419 Å². The quantitative estimate of drug-likeness (QED) is 0.0191. The van der Waals surface area contributed by atoms with Gasteiger partial charge in [0.1, 0.15) is 17.4 Å². The molecule has 32 nitrogen and oxygen atoms in total. The number of nitrogens with zero attached hydrogens (tertiary/aromatic N) is 3. The largest absolute Gasteiger partial charge is 0.480 e. The molecule has 0 aliphatic heterocycles. The molecule has 0 saturated heterocycles. The van der Waals surface area contributed by atoms with E-state index in [0.717, 1.165) is 0 Å². The number of ether oxygens (including phenoxy) is 14. The Bertz CT molecular complexity index is 2650. The molecule has 0 aliphatic rings. The van der Waals surface area contributed by atoms with Crippen molar-refractivity contribution in [1.29, 1.82) is 0 Å². The number of aliphatic carboxylic acids is 1. The van der Waals surface area contributed by atoms with Crippen LogP contribution in [0.1, 0.15) is 41.7 Å². The fourth-order valence-electron chi connectivity index (χ4n) is 7.54. The number of carbonyl (C=O) groups is 3. The Morgan fingerprint density at radius 1 is 0.517 bits per heavy atom.